The normalized spacial score (nSPS) is 16.8. The van der Waals surface area contributed by atoms with Gasteiger partial charge in [-0.15, -0.1) is 0 Å². The molecule has 10 heteroatoms. The van der Waals surface area contributed by atoms with E-state index < -0.39 is 36.0 Å². The molecule has 8 nitrogen and oxygen atoms in total. The van der Waals surface area contributed by atoms with Crippen molar-refractivity contribution in [1.29, 1.82) is 0 Å². The van der Waals surface area contributed by atoms with Gasteiger partial charge in [0.1, 0.15) is 12.1 Å². The van der Waals surface area contributed by atoms with Crippen LogP contribution in [-0.4, -0.2) is 60.9 Å². The second-order valence-corrected chi connectivity index (χ2v) is 8.34. The van der Waals surface area contributed by atoms with Gasteiger partial charge in [-0.1, -0.05) is 48.5 Å². The van der Waals surface area contributed by atoms with Crippen LogP contribution in [0.15, 0.2) is 48.5 Å². The number of alkyl halides is 2. The molecule has 1 aliphatic carbocycles. The lowest BCUT2D eigenvalue weighted by Crippen LogP contribution is -2.62. The molecular formula is C24H24F2N2O6. The Labute approximate surface area is 194 Å². The van der Waals surface area contributed by atoms with Crippen LogP contribution in [0.25, 0.3) is 11.1 Å². The largest absolute Gasteiger partial charge is 0.477 e. The minimum Gasteiger partial charge on any atom is -0.477 e. The Morgan fingerprint density at radius 3 is 2.15 bits per heavy atom. The number of ether oxygens (including phenoxy) is 2. The molecule has 2 aromatic carbocycles. The number of carbonyl (C=O) groups is 3. The molecule has 34 heavy (non-hydrogen) atoms. The first-order chi connectivity index (χ1) is 16.2. The van der Waals surface area contributed by atoms with E-state index in [9.17, 15) is 23.2 Å². The summed E-state index contributed by atoms with van der Waals surface area (Å²) in [5.41, 5.74) is 2.62. The highest BCUT2D eigenvalue weighted by atomic mass is 19.3. The standard InChI is InChI=1S/C24H24F2N2O6/c25-24(26,21(30)31)14-27-20(29)23(9-11-33-12-10-23)28-22(32)34-13-19-17-7-3-1-5-15(17)16-6-2-4-8-18(16)19/h1-8,19H,9-14H2,(H,27,29)(H,28,32)(H,30,31). The second-order valence-electron chi connectivity index (χ2n) is 8.34. The molecule has 0 spiro atoms. The maximum Gasteiger partial charge on any atom is 0.408 e. The lowest BCUT2D eigenvalue weighted by atomic mass is 9.89. The van der Waals surface area contributed by atoms with Gasteiger partial charge < -0.3 is 25.2 Å². The summed E-state index contributed by atoms with van der Waals surface area (Å²) in [6, 6.07) is 15.6. The number of halogens is 2. The number of carboxylic acids is 1. The zero-order valence-corrected chi connectivity index (χ0v) is 18.2. The molecule has 1 aliphatic heterocycles. The van der Waals surface area contributed by atoms with Crippen molar-refractivity contribution in [3.05, 3.63) is 59.7 Å². The van der Waals surface area contributed by atoms with E-state index in [1.165, 1.54) is 0 Å². The van der Waals surface area contributed by atoms with Crippen molar-refractivity contribution in [2.45, 2.75) is 30.2 Å². The molecule has 0 saturated carbocycles. The lowest BCUT2D eigenvalue weighted by molar-refractivity contribution is -0.164. The topological polar surface area (TPSA) is 114 Å². The quantitative estimate of drug-likeness (QED) is 0.569. The zero-order chi connectivity index (χ0) is 24.3. The summed E-state index contributed by atoms with van der Waals surface area (Å²) in [6.07, 6.45) is -0.813. The number of hydrogen-bond acceptors (Lipinski definition) is 5. The monoisotopic (exact) mass is 474 g/mol. The number of benzene rings is 2. The number of hydrogen-bond donors (Lipinski definition) is 3. The molecule has 0 radical (unpaired) electrons. The minimum absolute atomic E-state index is 0.0190. The van der Waals surface area contributed by atoms with Gasteiger partial charge in [-0.2, -0.15) is 8.78 Å². The summed E-state index contributed by atoms with van der Waals surface area (Å²) in [7, 11) is 0. The fourth-order valence-corrected chi connectivity index (χ4v) is 4.39. The molecule has 2 aliphatic rings. The predicted molar refractivity (Wildman–Crippen MR) is 117 cm³/mol. The van der Waals surface area contributed by atoms with Gasteiger partial charge in [0.2, 0.25) is 5.91 Å². The van der Waals surface area contributed by atoms with Crippen LogP contribution in [0.3, 0.4) is 0 Å². The van der Waals surface area contributed by atoms with Crippen molar-refractivity contribution < 1.29 is 37.7 Å². The number of alkyl carbamates (subject to hydrolysis) is 1. The molecule has 3 N–H and O–H groups in total. The Morgan fingerprint density at radius 2 is 1.59 bits per heavy atom. The maximum atomic E-state index is 13.4. The third-order valence-electron chi connectivity index (χ3n) is 6.25. The van der Waals surface area contributed by atoms with Gasteiger partial charge in [0, 0.05) is 32.0 Å². The zero-order valence-electron chi connectivity index (χ0n) is 18.2. The van der Waals surface area contributed by atoms with E-state index in [2.05, 4.69) is 5.32 Å². The number of fused-ring (bicyclic) bond motifs is 3. The van der Waals surface area contributed by atoms with E-state index in [1.54, 1.807) is 0 Å². The first-order valence-electron chi connectivity index (χ1n) is 10.8. The van der Waals surface area contributed by atoms with Crippen molar-refractivity contribution in [3.8, 4) is 11.1 Å². The van der Waals surface area contributed by atoms with E-state index >= 15 is 0 Å². The summed E-state index contributed by atoms with van der Waals surface area (Å²) in [4.78, 5) is 36.1. The van der Waals surface area contributed by atoms with Crippen LogP contribution >= 0.6 is 0 Å². The molecule has 180 valence electrons. The van der Waals surface area contributed by atoms with Crippen LogP contribution in [0, 0.1) is 0 Å². The minimum atomic E-state index is -4.13. The highest BCUT2D eigenvalue weighted by Gasteiger charge is 2.45. The second kappa shape index (κ2) is 9.38. The van der Waals surface area contributed by atoms with E-state index in [0.717, 1.165) is 22.3 Å². The summed E-state index contributed by atoms with van der Waals surface area (Å²) < 4.78 is 37.6. The van der Waals surface area contributed by atoms with Crippen LogP contribution in [0.4, 0.5) is 13.6 Å². The molecule has 0 bridgehead atoms. The number of amides is 2. The van der Waals surface area contributed by atoms with Crippen LogP contribution < -0.4 is 10.6 Å². The van der Waals surface area contributed by atoms with E-state index in [0.29, 0.717) is 0 Å². The Bertz CT molecular complexity index is 1050. The van der Waals surface area contributed by atoms with Crippen molar-refractivity contribution in [1.82, 2.24) is 10.6 Å². The Balaban J connectivity index is 1.44. The number of aliphatic carboxylic acids is 1. The van der Waals surface area contributed by atoms with E-state index in [1.807, 2.05) is 53.8 Å². The molecular weight excluding hydrogens is 450 g/mol. The van der Waals surface area contributed by atoms with E-state index in [-0.39, 0.29) is 38.6 Å². The van der Waals surface area contributed by atoms with Crippen molar-refractivity contribution >= 4 is 18.0 Å². The van der Waals surface area contributed by atoms with Crippen molar-refractivity contribution in [2.24, 2.45) is 0 Å². The van der Waals surface area contributed by atoms with Crippen LogP contribution in [0.5, 0.6) is 0 Å². The van der Waals surface area contributed by atoms with Gasteiger partial charge in [-0.3, -0.25) is 4.79 Å². The van der Waals surface area contributed by atoms with Crippen LogP contribution in [-0.2, 0) is 19.1 Å². The molecule has 1 saturated heterocycles. The number of carbonyl (C=O) groups excluding carboxylic acids is 2. The molecule has 0 unspecified atom stereocenters. The molecule has 1 heterocycles. The average molecular weight is 474 g/mol. The van der Waals surface area contributed by atoms with E-state index in [4.69, 9.17) is 14.6 Å². The smallest absolute Gasteiger partial charge is 0.408 e. The summed E-state index contributed by atoms with van der Waals surface area (Å²) >= 11 is 0. The van der Waals surface area contributed by atoms with Gasteiger partial charge in [-0.05, 0) is 22.3 Å². The average Bonchev–Trinajstić information content (AvgIpc) is 3.15. The van der Waals surface area contributed by atoms with Gasteiger partial charge >= 0.3 is 18.0 Å². The first kappa shape index (κ1) is 23.6. The fraction of sp³-hybridized carbons (Fsp3) is 0.375. The SMILES string of the molecule is O=C(NC1(C(=O)NCC(F)(F)C(=O)O)CCOCC1)OCC1c2ccccc2-c2ccccc21. The first-order valence-corrected chi connectivity index (χ1v) is 10.8. The predicted octanol–water partition coefficient (Wildman–Crippen LogP) is 2.91. The Morgan fingerprint density at radius 1 is 1.03 bits per heavy atom. The lowest BCUT2D eigenvalue weighted by Gasteiger charge is -2.36. The molecule has 1 fully saturated rings. The van der Waals surface area contributed by atoms with Gasteiger partial charge in [0.15, 0.2) is 0 Å². The molecule has 0 aromatic heterocycles. The molecule has 2 aromatic rings. The molecule has 0 atom stereocenters. The highest BCUT2D eigenvalue weighted by Crippen LogP contribution is 2.44. The number of carboxylic acid groups (broad SMARTS) is 1. The Kier molecular flexibility index (Phi) is 6.52. The number of rotatable bonds is 7. The van der Waals surface area contributed by atoms with Crippen LogP contribution in [0.1, 0.15) is 29.9 Å². The maximum absolute atomic E-state index is 13.4. The van der Waals surface area contributed by atoms with Crippen LogP contribution in [0.2, 0.25) is 0 Å². The van der Waals surface area contributed by atoms with Crippen molar-refractivity contribution in [3.63, 3.8) is 0 Å². The molecule has 2 amide bonds. The summed E-state index contributed by atoms with van der Waals surface area (Å²) in [5, 5.41) is 13.0. The Hall–Kier alpha value is -3.53. The third kappa shape index (κ3) is 4.58. The summed E-state index contributed by atoms with van der Waals surface area (Å²) in [6.45, 7) is -1.14. The number of nitrogens with one attached hydrogen (secondary N) is 2. The fourth-order valence-electron chi connectivity index (χ4n) is 4.39. The third-order valence-corrected chi connectivity index (χ3v) is 6.25. The van der Waals surface area contributed by atoms with Gasteiger partial charge in [0.05, 0.1) is 6.54 Å². The highest BCUT2D eigenvalue weighted by molar-refractivity contribution is 5.90. The molecule has 4 rings (SSSR count). The van der Waals surface area contributed by atoms with Gasteiger partial charge in [0.25, 0.3) is 0 Å². The summed E-state index contributed by atoms with van der Waals surface area (Å²) in [5.74, 6) is -7.58. The van der Waals surface area contributed by atoms with Gasteiger partial charge in [-0.25, -0.2) is 9.59 Å². The van der Waals surface area contributed by atoms with Crippen molar-refractivity contribution in [2.75, 3.05) is 26.4 Å².